The van der Waals surface area contributed by atoms with E-state index < -0.39 is 124 Å². The normalized spacial score (nSPS) is 32.3. The van der Waals surface area contributed by atoms with E-state index in [4.69, 9.17) is 28.4 Å². The summed E-state index contributed by atoms with van der Waals surface area (Å²) in [6.45, 7) is 1.65. The quantitative estimate of drug-likeness (QED) is 0.0311. The molecule has 418 valence electrons. The average molecular weight is 1020 g/mol. The summed E-state index contributed by atoms with van der Waals surface area (Å²) in [5, 5.41) is 120. The number of aliphatic hydroxyl groups is 11. The number of hydrogen-bond acceptors (Lipinski definition) is 18. The molecule has 1 amide bonds. The van der Waals surface area contributed by atoms with E-state index in [1.54, 1.807) is 6.08 Å². The number of carbonyl (C=O) groups excluding carboxylic acids is 1. The fourth-order valence-corrected chi connectivity index (χ4v) is 9.48. The second-order valence-electron chi connectivity index (χ2n) is 20.1. The third-order valence-electron chi connectivity index (χ3n) is 14.1. The summed E-state index contributed by atoms with van der Waals surface area (Å²) in [5.74, 6) is -0.283. The lowest BCUT2D eigenvalue weighted by molar-refractivity contribution is -0.379. The molecule has 17 unspecified atom stereocenters. The summed E-state index contributed by atoms with van der Waals surface area (Å²) in [5.41, 5.74) is 0. The molecular formula is C52H97NO18. The minimum absolute atomic E-state index is 0.244. The first-order chi connectivity index (χ1) is 34.3. The maximum atomic E-state index is 13.1. The summed E-state index contributed by atoms with van der Waals surface area (Å²) in [4.78, 5) is 13.1. The second kappa shape index (κ2) is 37.3. The highest BCUT2D eigenvalue weighted by Gasteiger charge is 2.53. The molecular weight excluding hydrogens is 927 g/mol. The molecule has 0 aromatic heterocycles. The van der Waals surface area contributed by atoms with Gasteiger partial charge in [-0.1, -0.05) is 167 Å². The van der Waals surface area contributed by atoms with E-state index in [9.17, 15) is 61.0 Å². The molecule has 0 aliphatic carbocycles. The van der Waals surface area contributed by atoms with Crippen LogP contribution < -0.4 is 5.32 Å². The van der Waals surface area contributed by atoms with E-state index in [1.165, 1.54) is 96.3 Å². The van der Waals surface area contributed by atoms with Gasteiger partial charge in [0.1, 0.15) is 73.2 Å². The fourth-order valence-electron chi connectivity index (χ4n) is 9.48. The summed E-state index contributed by atoms with van der Waals surface area (Å²) < 4.78 is 34.1. The van der Waals surface area contributed by atoms with Gasteiger partial charge in [-0.05, 0) is 19.3 Å². The van der Waals surface area contributed by atoms with E-state index in [0.717, 1.165) is 57.8 Å². The Hall–Kier alpha value is -1.47. The molecule has 3 fully saturated rings. The lowest BCUT2D eigenvalue weighted by atomic mass is 9.96. The van der Waals surface area contributed by atoms with Crippen LogP contribution >= 0.6 is 0 Å². The highest BCUT2D eigenvalue weighted by atomic mass is 16.8. The zero-order valence-electron chi connectivity index (χ0n) is 43.0. The standard InChI is InChI=1S/C52H97NO18/c1-3-5-7-9-11-12-13-14-15-16-17-18-19-20-21-22-24-25-27-29-36(57)35(53-40(58)30-28-26-23-10-8-6-4-2)34-66-50-46(64)43(61)48(38(32-55)68-50)71-52-47(65)44(62)49(39(33-56)69-52)70-51-45(63)42(60)41(59)37(31-54)67-51/h27,29,35-39,41-52,54-57,59-65H,3-26,28,30-34H2,1-2H3,(H,53,58)/b29-27+. The molecule has 0 saturated carbocycles. The molecule has 3 aliphatic rings. The minimum atomic E-state index is -1.97. The molecule has 12 N–H and O–H groups in total. The summed E-state index contributed by atoms with van der Waals surface area (Å²) in [7, 11) is 0. The van der Waals surface area contributed by atoms with Crippen molar-refractivity contribution < 1.29 is 89.4 Å². The summed E-state index contributed by atoms with van der Waals surface area (Å²) in [6, 6.07) is -0.964. The van der Waals surface area contributed by atoms with Crippen molar-refractivity contribution in [2.75, 3.05) is 26.4 Å². The average Bonchev–Trinajstić information content (AvgIpc) is 3.36. The molecule has 0 spiro atoms. The Morgan fingerprint density at radius 3 is 1.32 bits per heavy atom. The van der Waals surface area contributed by atoms with Crippen molar-refractivity contribution in [3.63, 3.8) is 0 Å². The molecule has 0 aromatic carbocycles. The molecule has 19 nitrogen and oxygen atoms in total. The van der Waals surface area contributed by atoms with Crippen molar-refractivity contribution in [2.24, 2.45) is 0 Å². The van der Waals surface area contributed by atoms with Crippen LogP contribution in [0.2, 0.25) is 0 Å². The third-order valence-corrected chi connectivity index (χ3v) is 14.1. The summed E-state index contributed by atoms with van der Waals surface area (Å²) >= 11 is 0. The molecule has 3 aliphatic heterocycles. The Morgan fingerprint density at radius 2 is 0.873 bits per heavy atom. The SMILES string of the molecule is CCCCCCCCCCCCCCCCCCC/C=C/C(O)C(COC1OC(CO)C(OC2OC(CO)C(OC3OC(CO)C(O)C(O)C3O)C(O)C2O)C(O)C1O)NC(=O)CCCCCCCCC. The number of ether oxygens (including phenoxy) is 6. The van der Waals surface area contributed by atoms with Crippen LogP contribution in [0, 0.1) is 0 Å². The molecule has 71 heavy (non-hydrogen) atoms. The van der Waals surface area contributed by atoms with Crippen LogP contribution in [0.5, 0.6) is 0 Å². The van der Waals surface area contributed by atoms with Crippen LogP contribution in [0.4, 0.5) is 0 Å². The third kappa shape index (κ3) is 22.7. The van der Waals surface area contributed by atoms with Crippen molar-refractivity contribution in [1.29, 1.82) is 0 Å². The van der Waals surface area contributed by atoms with Crippen molar-refractivity contribution in [3.05, 3.63) is 12.2 Å². The molecule has 3 rings (SSSR count). The van der Waals surface area contributed by atoms with Gasteiger partial charge in [-0.15, -0.1) is 0 Å². The Balaban J connectivity index is 1.50. The highest BCUT2D eigenvalue weighted by molar-refractivity contribution is 5.76. The van der Waals surface area contributed by atoms with Crippen LogP contribution in [0.3, 0.4) is 0 Å². The maximum absolute atomic E-state index is 13.1. The summed E-state index contributed by atoms with van der Waals surface area (Å²) in [6.07, 6.45) is 6.70. The topological polar surface area (TPSA) is 307 Å². The van der Waals surface area contributed by atoms with Crippen LogP contribution in [-0.2, 0) is 33.2 Å². The first-order valence-electron chi connectivity index (χ1n) is 27.4. The Kier molecular flexibility index (Phi) is 33.5. The number of carbonyl (C=O) groups is 1. The monoisotopic (exact) mass is 1020 g/mol. The molecule has 3 heterocycles. The molecule has 19 heteroatoms. The predicted molar refractivity (Wildman–Crippen MR) is 263 cm³/mol. The number of amides is 1. The Bertz CT molecular complexity index is 1360. The fraction of sp³-hybridized carbons (Fsp3) is 0.942. The number of aliphatic hydroxyl groups excluding tert-OH is 11. The van der Waals surface area contributed by atoms with Crippen molar-refractivity contribution >= 4 is 5.91 Å². The first-order valence-corrected chi connectivity index (χ1v) is 27.4. The van der Waals surface area contributed by atoms with Crippen LogP contribution in [0.25, 0.3) is 0 Å². The van der Waals surface area contributed by atoms with Crippen LogP contribution in [0.1, 0.15) is 181 Å². The van der Waals surface area contributed by atoms with Gasteiger partial charge in [0.15, 0.2) is 18.9 Å². The largest absolute Gasteiger partial charge is 0.394 e. The van der Waals surface area contributed by atoms with Gasteiger partial charge < -0.3 is 89.9 Å². The van der Waals surface area contributed by atoms with Gasteiger partial charge in [-0.3, -0.25) is 4.79 Å². The molecule has 17 atom stereocenters. The molecule has 0 aromatic rings. The van der Waals surface area contributed by atoms with Crippen molar-refractivity contribution in [1.82, 2.24) is 5.32 Å². The second-order valence-corrected chi connectivity index (χ2v) is 20.1. The van der Waals surface area contributed by atoms with E-state index >= 15 is 0 Å². The number of allylic oxidation sites excluding steroid dienone is 1. The molecule has 0 radical (unpaired) electrons. The van der Waals surface area contributed by atoms with E-state index in [-0.39, 0.29) is 18.9 Å². The van der Waals surface area contributed by atoms with Crippen LogP contribution in [-0.4, -0.2) is 193 Å². The van der Waals surface area contributed by atoms with Gasteiger partial charge >= 0.3 is 0 Å². The van der Waals surface area contributed by atoms with Gasteiger partial charge in [-0.2, -0.15) is 0 Å². The zero-order valence-corrected chi connectivity index (χ0v) is 43.0. The predicted octanol–water partition coefficient (Wildman–Crippen LogP) is 3.04. The molecule has 0 bridgehead atoms. The van der Waals surface area contributed by atoms with Gasteiger partial charge in [0.2, 0.25) is 5.91 Å². The van der Waals surface area contributed by atoms with E-state index in [2.05, 4.69) is 19.2 Å². The number of rotatable bonds is 39. The first kappa shape index (κ1) is 63.8. The number of unbranched alkanes of at least 4 members (excludes halogenated alkanes) is 23. The lowest BCUT2D eigenvalue weighted by Crippen LogP contribution is -2.66. The Morgan fingerprint density at radius 1 is 0.493 bits per heavy atom. The maximum Gasteiger partial charge on any atom is 0.220 e. The zero-order chi connectivity index (χ0) is 52.0. The van der Waals surface area contributed by atoms with Crippen LogP contribution in [0.15, 0.2) is 12.2 Å². The number of hydrogen-bond donors (Lipinski definition) is 12. The molecule has 3 saturated heterocycles. The van der Waals surface area contributed by atoms with E-state index in [1.807, 2.05) is 6.08 Å². The Labute approximate surface area is 423 Å². The van der Waals surface area contributed by atoms with Gasteiger partial charge in [0.25, 0.3) is 0 Å². The highest BCUT2D eigenvalue weighted by Crippen LogP contribution is 2.33. The van der Waals surface area contributed by atoms with Gasteiger partial charge in [0, 0.05) is 6.42 Å². The number of nitrogens with one attached hydrogen (secondary N) is 1. The van der Waals surface area contributed by atoms with Crippen molar-refractivity contribution in [2.45, 2.75) is 285 Å². The minimum Gasteiger partial charge on any atom is -0.394 e. The van der Waals surface area contributed by atoms with Crippen molar-refractivity contribution in [3.8, 4) is 0 Å². The smallest absolute Gasteiger partial charge is 0.220 e. The van der Waals surface area contributed by atoms with E-state index in [0.29, 0.717) is 6.42 Å². The lowest BCUT2D eigenvalue weighted by Gasteiger charge is -2.48. The van der Waals surface area contributed by atoms with Gasteiger partial charge in [0.05, 0.1) is 38.6 Å². The van der Waals surface area contributed by atoms with Gasteiger partial charge in [-0.25, -0.2) is 0 Å².